The molecule has 0 radical (unpaired) electrons. The van der Waals surface area contributed by atoms with E-state index in [1.165, 1.54) is 22.6 Å². The summed E-state index contributed by atoms with van der Waals surface area (Å²) in [5.41, 5.74) is 2.57. The molecule has 2 nitrogen and oxygen atoms in total. The van der Waals surface area contributed by atoms with Crippen LogP contribution in [0, 0.1) is 0 Å². The van der Waals surface area contributed by atoms with Crippen molar-refractivity contribution in [1.29, 1.82) is 0 Å². The second-order valence-electron chi connectivity index (χ2n) is 4.54. The van der Waals surface area contributed by atoms with E-state index in [-0.39, 0.29) is 0 Å². The lowest BCUT2D eigenvalue weighted by molar-refractivity contribution is 0.681. The molecule has 0 aliphatic rings. The van der Waals surface area contributed by atoms with Gasteiger partial charge >= 0.3 is 0 Å². The molecule has 102 valence electrons. The van der Waals surface area contributed by atoms with E-state index >= 15 is 0 Å². The van der Waals surface area contributed by atoms with Crippen molar-refractivity contribution in [1.82, 2.24) is 4.57 Å². The van der Waals surface area contributed by atoms with Gasteiger partial charge in [0.05, 0.1) is 0 Å². The molecule has 1 aromatic carbocycles. The third-order valence-corrected chi connectivity index (χ3v) is 3.92. The lowest BCUT2D eigenvalue weighted by Gasteiger charge is -2.10. The topological polar surface area (TPSA) is 17.0 Å². The quantitative estimate of drug-likeness (QED) is 0.742. The van der Waals surface area contributed by atoms with Crippen LogP contribution < -0.4 is 5.32 Å². The van der Waals surface area contributed by atoms with Crippen LogP contribution in [0.2, 0.25) is 0 Å². The van der Waals surface area contributed by atoms with E-state index in [0.717, 1.165) is 18.8 Å². The van der Waals surface area contributed by atoms with Gasteiger partial charge in [0, 0.05) is 36.1 Å². The zero-order chi connectivity index (χ0) is 13.5. The molecule has 0 fully saturated rings. The molecule has 0 unspecified atom stereocenters. The molecule has 0 amide bonds. The maximum atomic E-state index is 3.54. The molecule has 19 heavy (non-hydrogen) atoms. The average Bonchev–Trinajstić information content (AvgIpc) is 2.86. The van der Waals surface area contributed by atoms with Gasteiger partial charge in [-0.3, -0.25) is 0 Å². The van der Waals surface area contributed by atoms with Crippen LogP contribution in [0.15, 0.2) is 47.6 Å². The van der Waals surface area contributed by atoms with Crippen LogP contribution in [0.5, 0.6) is 0 Å². The third kappa shape index (κ3) is 4.06. The number of rotatable bonds is 7. The van der Waals surface area contributed by atoms with Gasteiger partial charge in [-0.1, -0.05) is 26.0 Å². The Hall–Kier alpha value is -1.35. The number of nitrogens with one attached hydrogen (secondary N) is 1. The fourth-order valence-corrected chi connectivity index (χ4v) is 2.87. The average molecular weight is 274 g/mol. The first-order chi connectivity index (χ1) is 9.33. The smallest absolute Gasteiger partial charge is 0.0481 e. The highest BCUT2D eigenvalue weighted by Crippen LogP contribution is 2.26. The predicted molar refractivity (Wildman–Crippen MR) is 84.9 cm³/mol. The first kappa shape index (κ1) is 14.1. The van der Waals surface area contributed by atoms with E-state index in [1.807, 2.05) is 11.8 Å². The molecule has 0 aliphatic carbocycles. The van der Waals surface area contributed by atoms with Gasteiger partial charge in [0.25, 0.3) is 0 Å². The molecule has 2 aromatic rings. The lowest BCUT2D eigenvalue weighted by atomic mass is 10.3. The van der Waals surface area contributed by atoms with Crippen LogP contribution in [-0.2, 0) is 13.1 Å². The Kier molecular flexibility index (Phi) is 5.40. The first-order valence-corrected chi connectivity index (χ1v) is 7.92. The molecule has 2 rings (SSSR count). The van der Waals surface area contributed by atoms with E-state index in [0.29, 0.717) is 0 Å². The van der Waals surface area contributed by atoms with Crippen molar-refractivity contribution in [2.45, 2.75) is 38.3 Å². The van der Waals surface area contributed by atoms with Crippen molar-refractivity contribution in [3.8, 4) is 0 Å². The molecule has 1 aromatic heterocycles. The first-order valence-electron chi connectivity index (χ1n) is 6.93. The highest BCUT2D eigenvalue weighted by Gasteiger charge is 2.02. The summed E-state index contributed by atoms with van der Waals surface area (Å²) in [7, 11) is 0. The van der Waals surface area contributed by atoms with E-state index in [4.69, 9.17) is 0 Å². The van der Waals surface area contributed by atoms with Crippen molar-refractivity contribution in [3.63, 3.8) is 0 Å². The summed E-state index contributed by atoms with van der Waals surface area (Å²) in [4.78, 5) is 1.33. The van der Waals surface area contributed by atoms with E-state index < -0.39 is 0 Å². The Morgan fingerprint density at radius 3 is 2.79 bits per heavy atom. The number of para-hydroxylation sites is 1. The zero-order valence-electron chi connectivity index (χ0n) is 11.7. The minimum Gasteiger partial charge on any atom is -0.380 e. The Balaban J connectivity index is 1.97. The number of anilines is 1. The molecule has 0 spiro atoms. The Bertz CT molecular complexity index is 505. The minimum absolute atomic E-state index is 0.887. The third-order valence-electron chi connectivity index (χ3n) is 2.96. The highest BCUT2D eigenvalue weighted by molar-refractivity contribution is 7.99. The SMILES string of the molecule is CCCn1ccc(CNc2ccccc2SCC)c1. The monoisotopic (exact) mass is 274 g/mol. The molecule has 1 heterocycles. The molecule has 0 saturated carbocycles. The maximum absolute atomic E-state index is 3.54. The molecule has 0 atom stereocenters. The van der Waals surface area contributed by atoms with Gasteiger partial charge < -0.3 is 9.88 Å². The standard InChI is InChI=1S/C16H22N2S/c1-3-10-18-11-9-14(13-18)12-17-15-7-5-6-8-16(15)19-4-2/h5-9,11,13,17H,3-4,10,12H2,1-2H3. The Morgan fingerprint density at radius 2 is 2.00 bits per heavy atom. The van der Waals surface area contributed by atoms with Crippen LogP contribution in [0.4, 0.5) is 5.69 Å². The van der Waals surface area contributed by atoms with Gasteiger partial charge in [0.1, 0.15) is 0 Å². The van der Waals surface area contributed by atoms with Gasteiger partial charge in [0.2, 0.25) is 0 Å². The van der Waals surface area contributed by atoms with Crippen LogP contribution in [0.1, 0.15) is 25.8 Å². The van der Waals surface area contributed by atoms with Crippen molar-refractivity contribution in [2.24, 2.45) is 0 Å². The number of hydrogen-bond acceptors (Lipinski definition) is 2. The lowest BCUT2D eigenvalue weighted by Crippen LogP contribution is -2.00. The summed E-state index contributed by atoms with van der Waals surface area (Å²) < 4.78 is 2.25. The van der Waals surface area contributed by atoms with Crippen LogP contribution >= 0.6 is 11.8 Å². The van der Waals surface area contributed by atoms with Crippen molar-refractivity contribution < 1.29 is 0 Å². The van der Waals surface area contributed by atoms with Gasteiger partial charge in [-0.15, -0.1) is 11.8 Å². The molecule has 0 aliphatic heterocycles. The number of nitrogens with zero attached hydrogens (tertiary/aromatic N) is 1. The summed E-state index contributed by atoms with van der Waals surface area (Å²) in [5.74, 6) is 1.10. The molecular weight excluding hydrogens is 252 g/mol. The van der Waals surface area contributed by atoms with Crippen LogP contribution in [0.3, 0.4) is 0 Å². The largest absolute Gasteiger partial charge is 0.380 e. The second kappa shape index (κ2) is 7.29. The maximum Gasteiger partial charge on any atom is 0.0481 e. The molecule has 3 heteroatoms. The van der Waals surface area contributed by atoms with Crippen LogP contribution in [0.25, 0.3) is 0 Å². The normalized spacial score (nSPS) is 10.6. The summed E-state index contributed by atoms with van der Waals surface area (Å²) in [6, 6.07) is 10.7. The van der Waals surface area contributed by atoms with Crippen molar-refractivity contribution >= 4 is 17.4 Å². The van der Waals surface area contributed by atoms with E-state index in [2.05, 4.69) is 66.5 Å². The number of benzene rings is 1. The van der Waals surface area contributed by atoms with E-state index in [9.17, 15) is 0 Å². The number of aryl methyl sites for hydroxylation is 1. The second-order valence-corrected chi connectivity index (χ2v) is 5.85. The number of aromatic nitrogens is 1. The fraction of sp³-hybridized carbons (Fsp3) is 0.375. The van der Waals surface area contributed by atoms with Gasteiger partial charge in [-0.25, -0.2) is 0 Å². The molecule has 0 bridgehead atoms. The molecular formula is C16H22N2S. The van der Waals surface area contributed by atoms with E-state index in [1.54, 1.807) is 0 Å². The number of thioether (sulfide) groups is 1. The van der Waals surface area contributed by atoms with Gasteiger partial charge in [-0.05, 0) is 35.9 Å². The fourth-order valence-electron chi connectivity index (χ4n) is 2.08. The van der Waals surface area contributed by atoms with Crippen molar-refractivity contribution in [3.05, 3.63) is 48.3 Å². The number of hydrogen-bond donors (Lipinski definition) is 1. The Morgan fingerprint density at radius 1 is 1.16 bits per heavy atom. The predicted octanol–water partition coefficient (Wildman–Crippen LogP) is 4.62. The highest BCUT2D eigenvalue weighted by atomic mass is 32.2. The van der Waals surface area contributed by atoms with Crippen molar-refractivity contribution in [2.75, 3.05) is 11.1 Å². The summed E-state index contributed by atoms with van der Waals surface area (Å²) in [5, 5.41) is 3.54. The summed E-state index contributed by atoms with van der Waals surface area (Å²) in [6.45, 7) is 6.38. The molecule has 1 N–H and O–H groups in total. The van der Waals surface area contributed by atoms with Crippen LogP contribution in [-0.4, -0.2) is 10.3 Å². The minimum atomic E-state index is 0.887. The van der Waals surface area contributed by atoms with Gasteiger partial charge in [0.15, 0.2) is 0 Å². The van der Waals surface area contributed by atoms with Gasteiger partial charge in [-0.2, -0.15) is 0 Å². The Labute approximate surface area is 120 Å². The zero-order valence-corrected chi connectivity index (χ0v) is 12.5. The molecule has 0 saturated heterocycles. The summed E-state index contributed by atoms with van der Waals surface area (Å²) >= 11 is 1.88. The summed E-state index contributed by atoms with van der Waals surface area (Å²) in [6.07, 6.45) is 5.57.